The average molecular weight is 287 g/mol. The lowest BCUT2D eigenvalue weighted by Crippen LogP contribution is -2.13. The van der Waals surface area contributed by atoms with Gasteiger partial charge < -0.3 is 5.73 Å². The molecular weight excluding hydrogens is 270 g/mol. The molecule has 3 aromatic carbocycles. The molecule has 108 valence electrons. The topological polar surface area (TPSA) is 43.1 Å². The molecule has 0 aliphatic carbocycles. The third kappa shape index (κ3) is 3.23. The Morgan fingerprint density at radius 1 is 0.636 bits per heavy atom. The number of benzene rings is 3. The van der Waals surface area contributed by atoms with Gasteiger partial charge in [0.15, 0.2) is 0 Å². The van der Waals surface area contributed by atoms with E-state index >= 15 is 0 Å². The molecule has 0 spiro atoms. The molecule has 0 bridgehead atoms. The number of carbonyl (C=O) groups is 1. The van der Waals surface area contributed by atoms with Gasteiger partial charge in [0.1, 0.15) is 0 Å². The second-order valence-electron chi connectivity index (χ2n) is 5.28. The minimum atomic E-state index is -0.306. The van der Waals surface area contributed by atoms with E-state index in [1.807, 2.05) is 42.5 Å². The molecule has 0 atom stereocenters. The lowest BCUT2D eigenvalue weighted by atomic mass is 9.99. The molecule has 2 heteroatoms. The summed E-state index contributed by atoms with van der Waals surface area (Å²) in [6, 6.07) is 26.7. The molecule has 0 aliphatic heterocycles. The second kappa shape index (κ2) is 6.27. The maximum atomic E-state index is 10.9. The molecule has 2 nitrogen and oxygen atoms in total. The molecule has 2 N–H and O–H groups in total. The van der Waals surface area contributed by atoms with Gasteiger partial charge in [-0.25, -0.2) is 0 Å². The fourth-order valence-electron chi connectivity index (χ4n) is 2.50. The number of primary amides is 1. The van der Waals surface area contributed by atoms with E-state index in [0.29, 0.717) is 0 Å². The van der Waals surface area contributed by atoms with E-state index in [9.17, 15) is 4.79 Å². The van der Waals surface area contributed by atoms with Gasteiger partial charge in [-0.1, -0.05) is 78.9 Å². The molecule has 3 aromatic rings. The third-order valence-electron chi connectivity index (χ3n) is 3.66. The van der Waals surface area contributed by atoms with E-state index in [-0.39, 0.29) is 12.3 Å². The second-order valence-corrected chi connectivity index (χ2v) is 5.28. The van der Waals surface area contributed by atoms with Gasteiger partial charge >= 0.3 is 0 Å². The summed E-state index contributed by atoms with van der Waals surface area (Å²) >= 11 is 0. The normalized spacial score (nSPS) is 10.4. The van der Waals surface area contributed by atoms with Crippen LogP contribution in [0, 0.1) is 0 Å². The predicted molar refractivity (Wildman–Crippen MR) is 90.2 cm³/mol. The number of amides is 1. The van der Waals surface area contributed by atoms with Crippen molar-refractivity contribution in [3.63, 3.8) is 0 Å². The number of hydrogen-bond acceptors (Lipinski definition) is 1. The summed E-state index contributed by atoms with van der Waals surface area (Å²) in [6.45, 7) is 0. The SMILES string of the molecule is NC(=O)Cc1ccc(-c2ccc(-c3ccccc3)cc2)cc1. The summed E-state index contributed by atoms with van der Waals surface area (Å²) < 4.78 is 0. The zero-order valence-corrected chi connectivity index (χ0v) is 12.2. The van der Waals surface area contributed by atoms with Gasteiger partial charge in [-0.2, -0.15) is 0 Å². The van der Waals surface area contributed by atoms with Crippen molar-refractivity contribution in [2.45, 2.75) is 6.42 Å². The highest BCUT2D eigenvalue weighted by Gasteiger charge is 2.02. The van der Waals surface area contributed by atoms with E-state index in [1.165, 1.54) is 11.1 Å². The first-order chi connectivity index (χ1) is 10.7. The molecule has 0 saturated carbocycles. The summed E-state index contributed by atoms with van der Waals surface area (Å²) in [5, 5.41) is 0. The largest absolute Gasteiger partial charge is 0.369 e. The summed E-state index contributed by atoms with van der Waals surface area (Å²) in [5.74, 6) is -0.306. The minimum absolute atomic E-state index is 0.285. The summed E-state index contributed by atoms with van der Waals surface area (Å²) in [7, 11) is 0. The molecule has 3 rings (SSSR count). The van der Waals surface area contributed by atoms with Crippen LogP contribution < -0.4 is 5.73 Å². The molecule has 22 heavy (non-hydrogen) atoms. The molecule has 0 saturated heterocycles. The zero-order chi connectivity index (χ0) is 15.4. The van der Waals surface area contributed by atoms with E-state index in [0.717, 1.165) is 16.7 Å². The van der Waals surface area contributed by atoms with Gasteiger partial charge in [0.2, 0.25) is 5.91 Å². The Labute approximate surface area is 130 Å². The van der Waals surface area contributed by atoms with Crippen molar-refractivity contribution in [3.8, 4) is 22.3 Å². The quantitative estimate of drug-likeness (QED) is 0.773. The molecule has 1 amide bonds. The van der Waals surface area contributed by atoms with Crippen LogP contribution in [-0.4, -0.2) is 5.91 Å². The predicted octanol–water partition coefficient (Wildman–Crippen LogP) is 4.05. The van der Waals surface area contributed by atoms with Crippen LogP contribution in [-0.2, 0) is 11.2 Å². The standard InChI is InChI=1S/C20H17NO/c21-20(22)14-15-6-8-17(9-7-15)19-12-10-18(11-13-19)16-4-2-1-3-5-16/h1-13H,14H2,(H2,21,22). The van der Waals surface area contributed by atoms with Crippen LogP contribution in [0.5, 0.6) is 0 Å². The number of hydrogen-bond donors (Lipinski definition) is 1. The fourth-order valence-corrected chi connectivity index (χ4v) is 2.50. The van der Waals surface area contributed by atoms with Crippen LogP contribution in [0.2, 0.25) is 0 Å². The van der Waals surface area contributed by atoms with Crippen LogP contribution in [0.4, 0.5) is 0 Å². The van der Waals surface area contributed by atoms with Crippen LogP contribution in [0.3, 0.4) is 0 Å². The van der Waals surface area contributed by atoms with Crippen LogP contribution in [0.25, 0.3) is 22.3 Å². The minimum Gasteiger partial charge on any atom is -0.369 e. The maximum Gasteiger partial charge on any atom is 0.221 e. The number of rotatable bonds is 4. The highest BCUT2D eigenvalue weighted by molar-refractivity contribution is 5.77. The Hall–Kier alpha value is -2.87. The first-order valence-electron chi connectivity index (χ1n) is 7.25. The van der Waals surface area contributed by atoms with Crippen molar-refractivity contribution in [1.29, 1.82) is 0 Å². The lowest BCUT2D eigenvalue weighted by molar-refractivity contribution is -0.117. The Morgan fingerprint density at radius 3 is 1.50 bits per heavy atom. The monoisotopic (exact) mass is 287 g/mol. The van der Waals surface area contributed by atoms with Gasteiger partial charge in [-0.3, -0.25) is 4.79 Å². The Bertz CT molecular complexity index is 759. The third-order valence-corrected chi connectivity index (χ3v) is 3.66. The summed E-state index contributed by atoms with van der Waals surface area (Å²) in [5.41, 5.74) is 10.9. The smallest absolute Gasteiger partial charge is 0.221 e. The molecule has 0 unspecified atom stereocenters. The van der Waals surface area contributed by atoms with E-state index in [2.05, 4.69) is 36.4 Å². The fraction of sp³-hybridized carbons (Fsp3) is 0.0500. The Morgan fingerprint density at radius 2 is 1.05 bits per heavy atom. The first kappa shape index (κ1) is 14.1. The van der Waals surface area contributed by atoms with Gasteiger partial charge in [-0.15, -0.1) is 0 Å². The van der Waals surface area contributed by atoms with Crippen molar-refractivity contribution in [1.82, 2.24) is 0 Å². The number of nitrogens with two attached hydrogens (primary N) is 1. The van der Waals surface area contributed by atoms with Crippen molar-refractivity contribution in [3.05, 3.63) is 84.4 Å². The van der Waals surface area contributed by atoms with Gasteiger partial charge in [0, 0.05) is 0 Å². The first-order valence-corrected chi connectivity index (χ1v) is 7.25. The van der Waals surface area contributed by atoms with Gasteiger partial charge in [0.05, 0.1) is 6.42 Å². The molecule has 0 radical (unpaired) electrons. The van der Waals surface area contributed by atoms with Crippen molar-refractivity contribution in [2.75, 3.05) is 0 Å². The van der Waals surface area contributed by atoms with E-state index in [4.69, 9.17) is 5.73 Å². The highest BCUT2D eigenvalue weighted by atomic mass is 16.1. The number of carbonyl (C=O) groups excluding carboxylic acids is 1. The maximum absolute atomic E-state index is 10.9. The molecule has 0 fully saturated rings. The molecule has 0 aliphatic rings. The Balaban J connectivity index is 1.82. The molecule has 0 aromatic heterocycles. The van der Waals surface area contributed by atoms with Gasteiger partial charge in [0.25, 0.3) is 0 Å². The average Bonchev–Trinajstić information content (AvgIpc) is 2.56. The van der Waals surface area contributed by atoms with Gasteiger partial charge in [-0.05, 0) is 27.8 Å². The van der Waals surface area contributed by atoms with Crippen molar-refractivity contribution in [2.24, 2.45) is 5.73 Å². The van der Waals surface area contributed by atoms with Crippen LogP contribution in [0.1, 0.15) is 5.56 Å². The van der Waals surface area contributed by atoms with E-state index in [1.54, 1.807) is 0 Å². The van der Waals surface area contributed by atoms with Crippen LogP contribution >= 0.6 is 0 Å². The Kier molecular flexibility index (Phi) is 4.01. The zero-order valence-electron chi connectivity index (χ0n) is 12.2. The lowest BCUT2D eigenvalue weighted by Gasteiger charge is -2.06. The van der Waals surface area contributed by atoms with Crippen molar-refractivity contribution < 1.29 is 4.79 Å². The summed E-state index contributed by atoms with van der Waals surface area (Å²) in [4.78, 5) is 10.9. The molecular formula is C20H17NO. The van der Waals surface area contributed by atoms with E-state index < -0.39 is 0 Å². The summed E-state index contributed by atoms with van der Waals surface area (Å²) in [6.07, 6.45) is 0.285. The highest BCUT2D eigenvalue weighted by Crippen LogP contribution is 2.25. The van der Waals surface area contributed by atoms with Crippen molar-refractivity contribution >= 4 is 5.91 Å². The van der Waals surface area contributed by atoms with Crippen LogP contribution in [0.15, 0.2) is 78.9 Å². The molecule has 0 heterocycles.